The minimum absolute atomic E-state index is 0.211. The summed E-state index contributed by atoms with van der Waals surface area (Å²) in [5.41, 5.74) is 2.41. The molecule has 2 atom stereocenters. The molecule has 2 aromatic heterocycles. The predicted molar refractivity (Wildman–Crippen MR) is 91.0 cm³/mol. The van der Waals surface area contributed by atoms with E-state index in [1.54, 1.807) is 22.7 Å². The third-order valence-electron chi connectivity index (χ3n) is 3.46. The molecule has 1 aromatic carbocycles. The number of thiophene rings is 1. The first kappa shape index (κ1) is 14.4. The predicted octanol–water partition coefficient (Wildman–Crippen LogP) is 4.95. The first-order valence-corrected chi connectivity index (χ1v) is 8.76. The first-order chi connectivity index (χ1) is 10.2. The molecule has 0 bridgehead atoms. The summed E-state index contributed by atoms with van der Waals surface area (Å²) in [6.45, 7) is 4.23. The van der Waals surface area contributed by atoms with Crippen LogP contribution in [0.1, 0.15) is 40.1 Å². The zero-order chi connectivity index (χ0) is 14.7. The highest BCUT2D eigenvalue weighted by atomic mass is 32.1. The second kappa shape index (κ2) is 6.52. The van der Waals surface area contributed by atoms with Gasteiger partial charge in [-0.2, -0.15) is 0 Å². The number of benzene rings is 1. The fourth-order valence-electron chi connectivity index (χ4n) is 2.36. The van der Waals surface area contributed by atoms with E-state index in [2.05, 4.69) is 77.4 Å². The van der Waals surface area contributed by atoms with Gasteiger partial charge in [0, 0.05) is 16.3 Å². The Bertz CT molecular complexity index is 674. The highest BCUT2D eigenvalue weighted by molar-refractivity contribution is 7.10. The Labute approximate surface area is 133 Å². The summed E-state index contributed by atoms with van der Waals surface area (Å²) in [6.07, 6.45) is 0. The summed E-state index contributed by atoms with van der Waals surface area (Å²) in [5, 5.41) is 9.11. The average molecular weight is 314 g/mol. The molecule has 1 N–H and O–H groups in total. The van der Waals surface area contributed by atoms with Crippen molar-refractivity contribution in [3.05, 3.63) is 74.4 Å². The van der Waals surface area contributed by atoms with Crippen LogP contribution in [0.4, 0.5) is 0 Å². The van der Waals surface area contributed by atoms with Crippen LogP contribution in [-0.2, 0) is 0 Å². The minimum Gasteiger partial charge on any atom is -0.297 e. The van der Waals surface area contributed by atoms with E-state index >= 15 is 0 Å². The summed E-state index contributed by atoms with van der Waals surface area (Å²) < 4.78 is 0. The Balaban J connectivity index is 1.86. The van der Waals surface area contributed by atoms with Crippen LogP contribution in [0.15, 0.2) is 53.2 Å². The SMILES string of the molecule is Cc1nc(C(C)NC(c2ccccc2)c2cccs2)cs1. The lowest BCUT2D eigenvalue weighted by atomic mass is 10.0. The van der Waals surface area contributed by atoms with E-state index in [0.717, 1.165) is 10.7 Å². The van der Waals surface area contributed by atoms with Crippen LogP contribution in [-0.4, -0.2) is 4.98 Å². The number of aryl methyl sites for hydroxylation is 1. The van der Waals surface area contributed by atoms with E-state index in [4.69, 9.17) is 0 Å². The lowest BCUT2D eigenvalue weighted by Crippen LogP contribution is -2.25. The molecular weight excluding hydrogens is 296 g/mol. The van der Waals surface area contributed by atoms with Gasteiger partial charge in [0.25, 0.3) is 0 Å². The largest absolute Gasteiger partial charge is 0.297 e. The highest BCUT2D eigenvalue weighted by Crippen LogP contribution is 2.29. The van der Waals surface area contributed by atoms with E-state index in [9.17, 15) is 0 Å². The van der Waals surface area contributed by atoms with Crippen molar-refractivity contribution in [2.24, 2.45) is 0 Å². The Morgan fingerprint density at radius 3 is 2.48 bits per heavy atom. The van der Waals surface area contributed by atoms with E-state index in [0.29, 0.717) is 0 Å². The van der Waals surface area contributed by atoms with Gasteiger partial charge in [-0.3, -0.25) is 5.32 Å². The van der Waals surface area contributed by atoms with Crippen molar-refractivity contribution in [1.82, 2.24) is 10.3 Å². The maximum Gasteiger partial charge on any atom is 0.0898 e. The second-order valence-corrected chi connectivity index (χ2v) is 7.08. The molecule has 0 saturated carbocycles. The Kier molecular flexibility index (Phi) is 4.48. The van der Waals surface area contributed by atoms with Gasteiger partial charge < -0.3 is 0 Å². The maximum absolute atomic E-state index is 4.60. The third kappa shape index (κ3) is 3.40. The van der Waals surface area contributed by atoms with Crippen molar-refractivity contribution in [1.29, 1.82) is 0 Å². The number of thiazole rings is 1. The molecular formula is C17H18N2S2. The van der Waals surface area contributed by atoms with Crippen LogP contribution in [0.2, 0.25) is 0 Å². The number of rotatable bonds is 5. The molecule has 3 aromatic rings. The molecule has 0 fully saturated rings. The molecule has 0 saturated heterocycles. The maximum atomic E-state index is 4.60. The fourth-order valence-corrected chi connectivity index (χ4v) is 3.88. The molecule has 4 heteroatoms. The third-order valence-corrected chi connectivity index (χ3v) is 5.19. The van der Waals surface area contributed by atoms with E-state index in [-0.39, 0.29) is 12.1 Å². The molecule has 2 heterocycles. The summed E-state index contributed by atoms with van der Waals surface area (Å²) in [4.78, 5) is 5.93. The van der Waals surface area contributed by atoms with Gasteiger partial charge in [0.2, 0.25) is 0 Å². The summed E-state index contributed by atoms with van der Waals surface area (Å²) in [5.74, 6) is 0. The number of hydrogen-bond acceptors (Lipinski definition) is 4. The minimum atomic E-state index is 0.211. The monoisotopic (exact) mass is 314 g/mol. The van der Waals surface area contributed by atoms with Crippen molar-refractivity contribution in [2.45, 2.75) is 25.9 Å². The molecule has 21 heavy (non-hydrogen) atoms. The molecule has 0 radical (unpaired) electrons. The molecule has 2 nitrogen and oxygen atoms in total. The van der Waals surface area contributed by atoms with E-state index < -0.39 is 0 Å². The van der Waals surface area contributed by atoms with Crippen molar-refractivity contribution < 1.29 is 0 Å². The first-order valence-electron chi connectivity index (χ1n) is 7.00. The molecule has 0 spiro atoms. The van der Waals surface area contributed by atoms with Crippen LogP contribution < -0.4 is 5.32 Å². The van der Waals surface area contributed by atoms with Crippen LogP contribution >= 0.6 is 22.7 Å². The van der Waals surface area contributed by atoms with Crippen molar-refractivity contribution in [3.63, 3.8) is 0 Å². The molecule has 108 valence electrons. The fraction of sp³-hybridized carbons (Fsp3) is 0.235. The molecule has 2 unspecified atom stereocenters. The van der Waals surface area contributed by atoms with Gasteiger partial charge in [-0.05, 0) is 30.9 Å². The zero-order valence-electron chi connectivity index (χ0n) is 12.1. The van der Waals surface area contributed by atoms with Gasteiger partial charge in [0.15, 0.2) is 0 Å². The highest BCUT2D eigenvalue weighted by Gasteiger charge is 2.19. The quantitative estimate of drug-likeness (QED) is 0.720. The number of nitrogens with zero attached hydrogens (tertiary/aromatic N) is 1. The van der Waals surface area contributed by atoms with Gasteiger partial charge in [-0.15, -0.1) is 22.7 Å². The van der Waals surface area contributed by atoms with E-state index in [1.807, 2.05) is 0 Å². The number of aromatic nitrogens is 1. The normalized spacial score (nSPS) is 14.0. The van der Waals surface area contributed by atoms with Crippen molar-refractivity contribution in [3.8, 4) is 0 Å². The molecule has 0 aliphatic carbocycles. The summed E-state index contributed by atoms with van der Waals surface area (Å²) >= 11 is 3.49. The molecule has 0 aliphatic heterocycles. The lowest BCUT2D eigenvalue weighted by molar-refractivity contribution is 0.513. The Morgan fingerprint density at radius 1 is 1.05 bits per heavy atom. The summed E-state index contributed by atoms with van der Waals surface area (Å²) in [6, 6.07) is 15.3. The molecule has 0 amide bonds. The van der Waals surface area contributed by atoms with Crippen LogP contribution in [0, 0.1) is 6.92 Å². The van der Waals surface area contributed by atoms with Gasteiger partial charge in [-0.1, -0.05) is 36.4 Å². The Hall–Kier alpha value is -1.49. The average Bonchev–Trinajstić information content (AvgIpc) is 3.17. The smallest absolute Gasteiger partial charge is 0.0898 e. The number of hydrogen-bond donors (Lipinski definition) is 1. The lowest BCUT2D eigenvalue weighted by Gasteiger charge is -2.22. The second-order valence-electron chi connectivity index (χ2n) is 5.04. The van der Waals surface area contributed by atoms with Gasteiger partial charge in [0.1, 0.15) is 0 Å². The van der Waals surface area contributed by atoms with E-state index in [1.165, 1.54) is 10.4 Å². The molecule has 3 rings (SSSR count). The van der Waals surface area contributed by atoms with Gasteiger partial charge in [-0.25, -0.2) is 4.98 Å². The standard InChI is InChI=1S/C17H18N2S2/c1-12(15-11-21-13(2)19-15)18-17(16-9-6-10-20-16)14-7-4-3-5-8-14/h3-12,17-18H,1-2H3. The van der Waals surface area contributed by atoms with Gasteiger partial charge >= 0.3 is 0 Å². The van der Waals surface area contributed by atoms with Crippen LogP contribution in [0.25, 0.3) is 0 Å². The van der Waals surface area contributed by atoms with Crippen LogP contribution in [0.5, 0.6) is 0 Å². The van der Waals surface area contributed by atoms with Gasteiger partial charge in [0.05, 0.1) is 16.7 Å². The zero-order valence-corrected chi connectivity index (χ0v) is 13.7. The molecule has 0 aliphatic rings. The Morgan fingerprint density at radius 2 is 1.86 bits per heavy atom. The van der Waals surface area contributed by atoms with Crippen molar-refractivity contribution >= 4 is 22.7 Å². The topological polar surface area (TPSA) is 24.9 Å². The van der Waals surface area contributed by atoms with Crippen molar-refractivity contribution in [2.75, 3.05) is 0 Å². The van der Waals surface area contributed by atoms with Crippen LogP contribution in [0.3, 0.4) is 0 Å². The number of nitrogens with one attached hydrogen (secondary N) is 1. The summed E-state index contributed by atoms with van der Waals surface area (Å²) in [7, 11) is 0.